The van der Waals surface area contributed by atoms with Crippen LogP contribution in [0.15, 0.2) is 50.5 Å². The molecule has 4 rings (SSSR count). The molecule has 1 aliphatic rings. The van der Waals surface area contributed by atoms with Crippen LogP contribution in [0.2, 0.25) is 0 Å². The second kappa shape index (κ2) is 9.28. The molecule has 0 aliphatic carbocycles. The standard InChI is InChI=1S/C22H25N3O7S/c1-30-15-5-7-17(19(13-15)31-2)23-21(26)9-12-25-18-8-6-16(14-20(18)32-22(25)27)33(28,29)24-10-3-4-11-24/h5-8,13-14H,3-4,9-12H2,1-2H3,(H,23,26). The SMILES string of the molecule is COc1ccc(NC(=O)CCn2c(=O)oc3cc(S(=O)(=O)N4CCCC4)ccc32)c(OC)c1. The summed E-state index contributed by atoms with van der Waals surface area (Å²) in [7, 11) is -0.610. The summed E-state index contributed by atoms with van der Waals surface area (Å²) in [5.41, 5.74) is 1.07. The minimum Gasteiger partial charge on any atom is -0.497 e. The van der Waals surface area contributed by atoms with Crippen LogP contribution in [0.1, 0.15) is 19.3 Å². The molecule has 0 unspecified atom stereocenters. The molecule has 11 heteroatoms. The van der Waals surface area contributed by atoms with E-state index in [-0.39, 0.29) is 29.4 Å². The highest BCUT2D eigenvalue weighted by atomic mass is 32.2. The van der Waals surface area contributed by atoms with Crippen molar-refractivity contribution >= 4 is 32.7 Å². The van der Waals surface area contributed by atoms with Crippen LogP contribution < -0.4 is 20.5 Å². The molecule has 2 heterocycles. The summed E-state index contributed by atoms with van der Waals surface area (Å²) in [5, 5.41) is 2.75. The van der Waals surface area contributed by atoms with Crippen LogP contribution in [-0.2, 0) is 21.4 Å². The van der Waals surface area contributed by atoms with Gasteiger partial charge in [-0.1, -0.05) is 0 Å². The molecule has 1 fully saturated rings. The number of amides is 1. The molecule has 1 saturated heterocycles. The number of sulfonamides is 1. The minimum absolute atomic E-state index is 0.00243. The van der Waals surface area contributed by atoms with Gasteiger partial charge in [-0.05, 0) is 37.1 Å². The van der Waals surface area contributed by atoms with E-state index in [0.29, 0.717) is 35.8 Å². The quantitative estimate of drug-likeness (QED) is 0.531. The van der Waals surface area contributed by atoms with Crippen molar-refractivity contribution < 1.29 is 27.1 Å². The normalized spacial score (nSPS) is 14.5. The third-order valence-corrected chi connectivity index (χ3v) is 7.48. The van der Waals surface area contributed by atoms with E-state index in [2.05, 4.69) is 5.32 Å². The zero-order chi connectivity index (χ0) is 23.6. The second-order valence-corrected chi connectivity index (χ2v) is 9.56. The van der Waals surface area contributed by atoms with Crippen molar-refractivity contribution in [2.24, 2.45) is 0 Å². The summed E-state index contributed by atoms with van der Waals surface area (Å²) in [5.74, 6) is 0.0521. The van der Waals surface area contributed by atoms with Crippen molar-refractivity contribution in [1.29, 1.82) is 0 Å². The lowest BCUT2D eigenvalue weighted by Crippen LogP contribution is -2.27. The van der Waals surface area contributed by atoms with Crippen molar-refractivity contribution in [2.45, 2.75) is 30.7 Å². The Morgan fingerprint density at radius 2 is 1.85 bits per heavy atom. The number of aromatic nitrogens is 1. The summed E-state index contributed by atoms with van der Waals surface area (Å²) in [6, 6.07) is 9.37. The number of hydrogen-bond donors (Lipinski definition) is 1. The van der Waals surface area contributed by atoms with Crippen LogP contribution in [0.5, 0.6) is 11.5 Å². The van der Waals surface area contributed by atoms with Gasteiger partial charge in [-0.2, -0.15) is 4.31 Å². The van der Waals surface area contributed by atoms with Crippen LogP contribution >= 0.6 is 0 Å². The summed E-state index contributed by atoms with van der Waals surface area (Å²) in [6.07, 6.45) is 1.66. The maximum atomic E-state index is 12.8. The van der Waals surface area contributed by atoms with Gasteiger partial charge in [-0.25, -0.2) is 13.2 Å². The van der Waals surface area contributed by atoms with Gasteiger partial charge in [0.05, 0.1) is 30.3 Å². The lowest BCUT2D eigenvalue weighted by atomic mass is 10.2. The number of nitrogens with one attached hydrogen (secondary N) is 1. The van der Waals surface area contributed by atoms with Gasteiger partial charge >= 0.3 is 5.76 Å². The fraction of sp³-hybridized carbons (Fsp3) is 0.364. The fourth-order valence-electron chi connectivity index (χ4n) is 3.82. The lowest BCUT2D eigenvalue weighted by Gasteiger charge is -2.15. The van der Waals surface area contributed by atoms with Crippen LogP contribution in [0.25, 0.3) is 11.1 Å². The van der Waals surface area contributed by atoms with Crippen molar-refractivity contribution in [3.8, 4) is 11.5 Å². The summed E-state index contributed by atoms with van der Waals surface area (Å²) >= 11 is 0. The van der Waals surface area contributed by atoms with E-state index >= 15 is 0 Å². The number of anilines is 1. The third kappa shape index (κ3) is 4.60. The number of ether oxygens (including phenoxy) is 2. The summed E-state index contributed by atoms with van der Waals surface area (Å²) in [4.78, 5) is 24.9. The van der Waals surface area contributed by atoms with Crippen molar-refractivity contribution in [2.75, 3.05) is 32.6 Å². The molecule has 0 radical (unpaired) electrons. The average molecular weight is 476 g/mol. The molecule has 0 saturated carbocycles. The smallest absolute Gasteiger partial charge is 0.419 e. The first-order chi connectivity index (χ1) is 15.8. The predicted molar refractivity (Wildman–Crippen MR) is 121 cm³/mol. The molecule has 0 spiro atoms. The zero-order valence-corrected chi connectivity index (χ0v) is 19.2. The molecule has 1 aliphatic heterocycles. The first-order valence-electron chi connectivity index (χ1n) is 10.5. The van der Waals surface area contributed by atoms with Gasteiger partial charge in [0.25, 0.3) is 0 Å². The Morgan fingerprint density at radius 3 is 2.55 bits per heavy atom. The Balaban J connectivity index is 1.49. The van der Waals surface area contributed by atoms with Crippen molar-refractivity contribution in [3.05, 3.63) is 46.9 Å². The molecule has 3 aromatic rings. The number of aryl methyl sites for hydroxylation is 1. The molecule has 176 valence electrons. The number of methoxy groups -OCH3 is 2. The van der Waals surface area contributed by atoms with E-state index < -0.39 is 15.8 Å². The fourth-order valence-corrected chi connectivity index (χ4v) is 5.36. The first-order valence-corrected chi connectivity index (χ1v) is 11.9. The van der Waals surface area contributed by atoms with Crippen LogP contribution in [-0.4, -0.2) is 50.5 Å². The summed E-state index contributed by atoms with van der Waals surface area (Å²) in [6.45, 7) is 1.03. The minimum atomic E-state index is -3.63. The molecule has 0 bridgehead atoms. The van der Waals surface area contributed by atoms with E-state index in [4.69, 9.17) is 13.9 Å². The number of oxazole rings is 1. The van der Waals surface area contributed by atoms with E-state index in [1.165, 1.54) is 41.3 Å². The van der Waals surface area contributed by atoms with Gasteiger partial charge in [0.2, 0.25) is 15.9 Å². The third-order valence-electron chi connectivity index (χ3n) is 5.59. The highest BCUT2D eigenvalue weighted by molar-refractivity contribution is 7.89. The van der Waals surface area contributed by atoms with Gasteiger partial charge < -0.3 is 19.2 Å². The van der Waals surface area contributed by atoms with Crippen LogP contribution in [0, 0.1) is 0 Å². The Kier molecular flexibility index (Phi) is 6.43. The topological polar surface area (TPSA) is 120 Å². The van der Waals surface area contributed by atoms with Gasteiger partial charge in [0.1, 0.15) is 11.5 Å². The van der Waals surface area contributed by atoms with Gasteiger partial charge in [-0.3, -0.25) is 9.36 Å². The Hall–Kier alpha value is -3.31. The number of hydrogen-bond acceptors (Lipinski definition) is 7. The lowest BCUT2D eigenvalue weighted by molar-refractivity contribution is -0.116. The van der Waals surface area contributed by atoms with Gasteiger partial charge in [0, 0.05) is 38.2 Å². The maximum absolute atomic E-state index is 12.8. The molecule has 2 aromatic carbocycles. The number of carbonyl (C=O) groups is 1. The van der Waals surface area contributed by atoms with Crippen molar-refractivity contribution in [3.63, 3.8) is 0 Å². The predicted octanol–water partition coefficient (Wildman–Crippen LogP) is 2.42. The molecular formula is C22H25N3O7S. The largest absolute Gasteiger partial charge is 0.497 e. The highest BCUT2D eigenvalue weighted by Crippen LogP contribution is 2.29. The van der Waals surface area contributed by atoms with E-state index in [1.807, 2.05) is 0 Å². The number of nitrogens with zero attached hydrogens (tertiary/aromatic N) is 2. The molecular weight excluding hydrogens is 450 g/mol. The van der Waals surface area contributed by atoms with Gasteiger partial charge in [0.15, 0.2) is 5.58 Å². The van der Waals surface area contributed by atoms with E-state index in [9.17, 15) is 18.0 Å². The maximum Gasteiger partial charge on any atom is 0.419 e. The molecule has 0 atom stereocenters. The molecule has 1 N–H and O–H groups in total. The zero-order valence-electron chi connectivity index (χ0n) is 18.4. The number of carbonyl (C=O) groups excluding carboxylic acids is 1. The van der Waals surface area contributed by atoms with E-state index in [0.717, 1.165) is 12.8 Å². The first kappa shape index (κ1) is 22.9. The van der Waals surface area contributed by atoms with E-state index in [1.54, 1.807) is 18.2 Å². The van der Waals surface area contributed by atoms with Gasteiger partial charge in [-0.15, -0.1) is 0 Å². The monoisotopic (exact) mass is 475 g/mol. The Morgan fingerprint density at radius 1 is 1.09 bits per heavy atom. The second-order valence-electron chi connectivity index (χ2n) is 7.62. The highest BCUT2D eigenvalue weighted by Gasteiger charge is 2.28. The Bertz CT molecular complexity index is 1340. The van der Waals surface area contributed by atoms with Crippen LogP contribution in [0.4, 0.5) is 5.69 Å². The summed E-state index contributed by atoms with van der Waals surface area (Å²) < 4.78 is 44.0. The number of rotatable bonds is 8. The number of fused-ring (bicyclic) bond motifs is 1. The molecule has 1 amide bonds. The molecule has 33 heavy (non-hydrogen) atoms. The average Bonchev–Trinajstić information content (AvgIpc) is 3.45. The molecule has 10 nitrogen and oxygen atoms in total. The Labute approximate surface area is 190 Å². The molecule has 1 aromatic heterocycles. The number of benzene rings is 2. The van der Waals surface area contributed by atoms with Crippen LogP contribution in [0.3, 0.4) is 0 Å². The van der Waals surface area contributed by atoms with Crippen molar-refractivity contribution in [1.82, 2.24) is 8.87 Å².